The van der Waals surface area contributed by atoms with Gasteiger partial charge in [0.25, 0.3) is 0 Å². The Labute approximate surface area is 110 Å². The zero-order valence-corrected chi connectivity index (χ0v) is 10.9. The summed E-state index contributed by atoms with van der Waals surface area (Å²) in [6.45, 7) is 0.684. The first-order valence-electron chi connectivity index (χ1n) is 6.00. The summed E-state index contributed by atoms with van der Waals surface area (Å²) in [4.78, 5) is 14.0. The minimum Gasteiger partial charge on any atom is -0.409 e. The van der Waals surface area contributed by atoms with Crippen LogP contribution in [0, 0.1) is 0 Å². The summed E-state index contributed by atoms with van der Waals surface area (Å²) in [5.74, 6) is 0.179. The number of carbonyl (C=O) groups excluding carboxylic acids is 1. The molecule has 5 nitrogen and oxygen atoms in total. The number of thiophene rings is 1. The fourth-order valence-corrected chi connectivity index (χ4v) is 2.94. The van der Waals surface area contributed by atoms with Crippen LogP contribution in [0.3, 0.4) is 0 Å². The lowest BCUT2D eigenvalue weighted by molar-refractivity contribution is -0.132. The molecule has 0 aliphatic carbocycles. The van der Waals surface area contributed by atoms with Gasteiger partial charge in [-0.1, -0.05) is 5.16 Å². The van der Waals surface area contributed by atoms with Crippen molar-refractivity contribution in [1.29, 1.82) is 0 Å². The Kier molecular flexibility index (Phi) is 4.19. The highest BCUT2D eigenvalue weighted by atomic mass is 32.1. The molecular formula is C12H17N3O2S. The standard InChI is InChI=1S/C12H17N3O2S/c13-12(14-17)10-3-1-2-5-15(10)11(16)7-9-4-6-18-8-9/h4,6,8,10,17H,1-3,5,7H2,(H2,13,14). The van der Waals surface area contributed by atoms with Crippen LogP contribution >= 0.6 is 11.3 Å². The molecule has 18 heavy (non-hydrogen) atoms. The van der Waals surface area contributed by atoms with Crippen molar-refractivity contribution in [2.45, 2.75) is 31.7 Å². The molecule has 0 spiro atoms. The largest absolute Gasteiger partial charge is 0.409 e. The molecule has 98 valence electrons. The highest BCUT2D eigenvalue weighted by molar-refractivity contribution is 7.07. The third-order valence-electron chi connectivity index (χ3n) is 3.22. The maximum absolute atomic E-state index is 12.2. The van der Waals surface area contributed by atoms with E-state index in [0.29, 0.717) is 13.0 Å². The van der Waals surface area contributed by atoms with Gasteiger partial charge in [-0.2, -0.15) is 11.3 Å². The number of nitrogens with zero attached hydrogens (tertiary/aromatic N) is 2. The van der Waals surface area contributed by atoms with E-state index < -0.39 is 0 Å². The second-order valence-corrected chi connectivity index (χ2v) is 5.21. The molecule has 0 radical (unpaired) electrons. The topological polar surface area (TPSA) is 78.9 Å². The van der Waals surface area contributed by atoms with Gasteiger partial charge >= 0.3 is 0 Å². The minimum absolute atomic E-state index is 0.0460. The van der Waals surface area contributed by atoms with Gasteiger partial charge in [0.15, 0.2) is 5.84 Å². The van der Waals surface area contributed by atoms with Crippen molar-refractivity contribution < 1.29 is 10.0 Å². The Hall–Kier alpha value is -1.56. The van der Waals surface area contributed by atoms with Crippen molar-refractivity contribution in [2.24, 2.45) is 10.9 Å². The maximum atomic E-state index is 12.2. The zero-order valence-electron chi connectivity index (χ0n) is 10.1. The maximum Gasteiger partial charge on any atom is 0.227 e. The smallest absolute Gasteiger partial charge is 0.227 e. The Morgan fingerprint density at radius 2 is 2.44 bits per heavy atom. The quantitative estimate of drug-likeness (QED) is 0.376. The predicted molar refractivity (Wildman–Crippen MR) is 70.8 cm³/mol. The lowest BCUT2D eigenvalue weighted by Gasteiger charge is -2.34. The SMILES string of the molecule is NC(=NO)C1CCCCN1C(=O)Cc1ccsc1. The first-order valence-corrected chi connectivity index (χ1v) is 6.94. The van der Waals surface area contributed by atoms with Crippen LogP contribution in [0.15, 0.2) is 22.0 Å². The van der Waals surface area contributed by atoms with Gasteiger partial charge in [0.05, 0.1) is 12.5 Å². The number of rotatable bonds is 3. The van der Waals surface area contributed by atoms with Gasteiger partial charge in [0, 0.05) is 6.54 Å². The fraction of sp³-hybridized carbons (Fsp3) is 0.500. The summed E-state index contributed by atoms with van der Waals surface area (Å²) >= 11 is 1.58. The highest BCUT2D eigenvalue weighted by Gasteiger charge is 2.29. The normalized spacial score (nSPS) is 21.0. The molecular weight excluding hydrogens is 250 g/mol. The highest BCUT2D eigenvalue weighted by Crippen LogP contribution is 2.19. The molecule has 0 bridgehead atoms. The molecule has 1 aliphatic rings. The summed E-state index contributed by atoms with van der Waals surface area (Å²) in [5, 5.41) is 15.7. The molecule has 0 saturated carbocycles. The number of amidine groups is 1. The van der Waals surface area contributed by atoms with E-state index in [4.69, 9.17) is 10.9 Å². The average molecular weight is 267 g/mol. The van der Waals surface area contributed by atoms with Crippen LogP contribution in [-0.2, 0) is 11.2 Å². The Bertz CT molecular complexity index is 431. The van der Waals surface area contributed by atoms with Gasteiger partial charge < -0.3 is 15.8 Å². The Morgan fingerprint density at radius 3 is 3.11 bits per heavy atom. The number of likely N-dealkylation sites (tertiary alicyclic amines) is 1. The summed E-state index contributed by atoms with van der Waals surface area (Å²) in [7, 11) is 0. The van der Waals surface area contributed by atoms with Crippen LogP contribution in [-0.4, -0.2) is 34.4 Å². The van der Waals surface area contributed by atoms with Gasteiger partial charge in [0.2, 0.25) is 5.91 Å². The van der Waals surface area contributed by atoms with Crippen molar-refractivity contribution in [2.75, 3.05) is 6.54 Å². The van der Waals surface area contributed by atoms with Gasteiger partial charge in [-0.15, -0.1) is 0 Å². The third-order valence-corrected chi connectivity index (χ3v) is 3.95. The van der Waals surface area contributed by atoms with Gasteiger partial charge in [-0.3, -0.25) is 4.79 Å². The summed E-state index contributed by atoms with van der Waals surface area (Å²) in [5.41, 5.74) is 6.68. The molecule has 1 aromatic heterocycles. The molecule has 1 aromatic rings. The number of carbonyl (C=O) groups is 1. The molecule has 0 aromatic carbocycles. The van der Waals surface area contributed by atoms with Crippen LogP contribution in [0.4, 0.5) is 0 Å². The van der Waals surface area contributed by atoms with Crippen LogP contribution < -0.4 is 5.73 Å². The second-order valence-electron chi connectivity index (χ2n) is 4.43. The van der Waals surface area contributed by atoms with Gasteiger partial charge in [-0.25, -0.2) is 0 Å². The molecule has 1 unspecified atom stereocenters. The van der Waals surface area contributed by atoms with Crippen LogP contribution in [0.5, 0.6) is 0 Å². The molecule has 1 saturated heterocycles. The summed E-state index contributed by atoms with van der Waals surface area (Å²) in [6.07, 6.45) is 3.14. The van der Waals surface area contributed by atoms with E-state index in [9.17, 15) is 4.79 Å². The minimum atomic E-state index is -0.255. The molecule has 2 rings (SSSR count). The van der Waals surface area contributed by atoms with E-state index in [1.807, 2.05) is 16.8 Å². The number of oxime groups is 1. The van der Waals surface area contributed by atoms with Crippen LogP contribution in [0.1, 0.15) is 24.8 Å². The van der Waals surface area contributed by atoms with Crippen molar-refractivity contribution in [3.8, 4) is 0 Å². The molecule has 1 aliphatic heterocycles. The molecule has 6 heteroatoms. The van der Waals surface area contributed by atoms with Crippen molar-refractivity contribution in [3.63, 3.8) is 0 Å². The molecule has 1 fully saturated rings. The summed E-state index contributed by atoms with van der Waals surface area (Å²) in [6, 6.07) is 1.69. The summed E-state index contributed by atoms with van der Waals surface area (Å²) < 4.78 is 0. The number of hydrogen-bond acceptors (Lipinski definition) is 4. The molecule has 2 heterocycles. The fourth-order valence-electron chi connectivity index (χ4n) is 2.27. The second kappa shape index (κ2) is 5.86. The molecule has 1 atom stereocenters. The number of nitrogens with two attached hydrogens (primary N) is 1. The van der Waals surface area contributed by atoms with E-state index in [2.05, 4.69) is 5.16 Å². The Balaban J connectivity index is 2.06. The number of amides is 1. The van der Waals surface area contributed by atoms with Crippen LogP contribution in [0.25, 0.3) is 0 Å². The molecule has 3 N–H and O–H groups in total. The Morgan fingerprint density at radius 1 is 1.61 bits per heavy atom. The molecule has 1 amide bonds. The van der Waals surface area contributed by atoms with E-state index in [-0.39, 0.29) is 17.8 Å². The van der Waals surface area contributed by atoms with Gasteiger partial charge in [-0.05, 0) is 41.7 Å². The van der Waals surface area contributed by atoms with Crippen LogP contribution in [0.2, 0.25) is 0 Å². The average Bonchev–Trinajstić information content (AvgIpc) is 2.90. The lowest BCUT2D eigenvalue weighted by atomic mass is 10.0. The monoisotopic (exact) mass is 267 g/mol. The predicted octanol–water partition coefficient (Wildman–Crippen LogP) is 1.42. The first-order chi connectivity index (χ1) is 8.72. The van der Waals surface area contributed by atoms with E-state index >= 15 is 0 Å². The third kappa shape index (κ3) is 2.81. The van der Waals surface area contributed by atoms with Gasteiger partial charge in [0.1, 0.15) is 0 Å². The lowest BCUT2D eigenvalue weighted by Crippen LogP contribution is -2.51. The van der Waals surface area contributed by atoms with Crippen molar-refractivity contribution in [1.82, 2.24) is 4.90 Å². The zero-order chi connectivity index (χ0) is 13.0. The van der Waals surface area contributed by atoms with Crippen molar-refractivity contribution in [3.05, 3.63) is 22.4 Å². The number of piperidine rings is 1. The first kappa shape index (κ1) is 12.9. The van der Waals surface area contributed by atoms with E-state index in [0.717, 1.165) is 24.8 Å². The van der Waals surface area contributed by atoms with Crippen molar-refractivity contribution >= 4 is 23.1 Å². The van der Waals surface area contributed by atoms with E-state index in [1.165, 1.54) is 0 Å². The van der Waals surface area contributed by atoms with E-state index in [1.54, 1.807) is 16.2 Å². The number of hydrogen-bond donors (Lipinski definition) is 2.